The van der Waals surface area contributed by atoms with Gasteiger partial charge in [0.15, 0.2) is 0 Å². The molecule has 1 fully saturated rings. The quantitative estimate of drug-likeness (QED) is 0.270. The van der Waals surface area contributed by atoms with E-state index in [1.807, 2.05) is 18.2 Å². The van der Waals surface area contributed by atoms with Crippen molar-refractivity contribution in [3.8, 4) is 5.75 Å². The van der Waals surface area contributed by atoms with Crippen LogP contribution in [0.15, 0.2) is 47.5 Å². The molecule has 38 heavy (non-hydrogen) atoms. The van der Waals surface area contributed by atoms with E-state index in [1.165, 1.54) is 17.8 Å². The number of rotatable bonds is 11. The normalized spacial score (nSPS) is 19.0. The van der Waals surface area contributed by atoms with Crippen molar-refractivity contribution in [3.05, 3.63) is 64.8 Å². The van der Waals surface area contributed by atoms with Crippen LogP contribution in [0, 0.1) is 23.5 Å². The summed E-state index contributed by atoms with van der Waals surface area (Å²) in [6, 6.07) is 8.72. The number of halogens is 3. The van der Waals surface area contributed by atoms with Crippen LogP contribution >= 0.6 is 23.4 Å². The first-order valence-corrected chi connectivity index (χ1v) is 14.0. The zero-order valence-corrected chi connectivity index (χ0v) is 22.8. The van der Waals surface area contributed by atoms with Gasteiger partial charge in [0.2, 0.25) is 0 Å². The number of aliphatic carboxylic acids is 1. The minimum atomic E-state index is -0.822. The van der Waals surface area contributed by atoms with Crippen LogP contribution in [0.5, 0.6) is 5.75 Å². The lowest BCUT2D eigenvalue weighted by molar-refractivity contribution is -0.139. The molecule has 204 valence electrons. The standard InChI is InChI=1S/C28H32ClF2N3O3S/c1-37-20-4-7-25-21(14-20)28(22(29)15-33-25)24(32)6-2-17-8-9-34(16-18(17)12-27(35)36)10-11-38-26-13-19(30)3-5-23(26)31/h3-5,7,13-15,17-18,24H,2,6,8-12,16,32H2,1H3,(H,35,36)/t17-,18+,24+/m1/s1. The maximum Gasteiger partial charge on any atom is 0.303 e. The summed E-state index contributed by atoms with van der Waals surface area (Å²) in [7, 11) is 1.60. The lowest BCUT2D eigenvalue weighted by Gasteiger charge is -2.38. The molecular weight excluding hydrogens is 532 g/mol. The maximum absolute atomic E-state index is 13.9. The van der Waals surface area contributed by atoms with Gasteiger partial charge in [-0.2, -0.15) is 0 Å². The van der Waals surface area contributed by atoms with Gasteiger partial charge >= 0.3 is 5.97 Å². The van der Waals surface area contributed by atoms with Gasteiger partial charge in [-0.05, 0) is 79.6 Å². The molecule has 1 aliphatic rings. The van der Waals surface area contributed by atoms with E-state index < -0.39 is 17.6 Å². The summed E-state index contributed by atoms with van der Waals surface area (Å²) < 4.78 is 32.7. The number of hydrogen-bond acceptors (Lipinski definition) is 6. The number of carboxylic acid groups (broad SMARTS) is 1. The van der Waals surface area contributed by atoms with E-state index in [9.17, 15) is 18.7 Å². The summed E-state index contributed by atoms with van der Waals surface area (Å²) in [5.41, 5.74) is 8.26. The van der Waals surface area contributed by atoms with Crippen LogP contribution in [0.25, 0.3) is 10.9 Å². The Morgan fingerprint density at radius 3 is 2.87 bits per heavy atom. The molecule has 3 N–H and O–H groups in total. The molecular formula is C28H32ClF2N3O3S. The Hall–Kier alpha value is -2.46. The number of aromatic nitrogens is 1. The Morgan fingerprint density at radius 1 is 1.29 bits per heavy atom. The molecule has 2 heterocycles. The van der Waals surface area contributed by atoms with Crippen molar-refractivity contribution in [1.29, 1.82) is 0 Å². The first kappa shape index (κ1) is 28.5. The van der Waals surface area contributed by atoms with E-state index in [1.54, 1.807) is 13.3 Å². The molecule has 0 aliphatic carbocycles. The number of pyridine rings is 1. The van der Waals surface area contributed by atoms with Gasteiger partial charge in [-0.3, -0.25) is 9.78 Å². The summed E-state index contributed by atoms with van der Waals surface area (Å²) in [5, 5.41) is 10.9. The fraction of sp³-hybridized carbons (Fsp3) is 0.429. The molecule has 0 saturated carbocycles. The van der Waals surface area contributed by atoms with E-state index in [0.717, 1.165) is 48.0 Å². The summed E-state index contributed by atoms with van der Waals surface area (Å²) >= 11 is 7.80. The molecule has 0 radical (unpaired) electrons. The van der Waals surface area contributed by atoms with E-state index in [0.29, 0.717) is 36.0 Å². The second-order valence-corrected chi connectivity index (χ2v) is 11.3. The monoisotopic (exact) mass is 563 g/mol. The lowest BCUT2D eigenvalue weighted by Crippen LogP contribution is -2.42. The first-order chi connectivity index (χ1) is 18.2. The molecule has 1 aliphatic heterocycles. The van der Waals surface area contributed by atoms with Crippen molar-refractivity contribution in [2.75, 3.05) is 32.5 Å². The van der Waals surface area contributed by atoms with E-state index in [4.69, 9.17) is 22.1 Å². The maximum atomic E-state index is 13.9. The minimum Gasteiger partial charge on any atom is -0.497 e. The van der Waals surface area contributed by atoms with Gasteiger partial charge < -0.3 is 20.5 Å². The number of piperidine rings is 1. The number of likely N-dealkylation sites (tertiary alicyclic amines) is 1. The SMILES string of the molecule is COc1ccc2ncc(Cl)c([C@@H](N)CC[C@@H]3CCN(CCSc4cc(F)ccc4F)C[C@@H]3CC(=O)O)c2c1. The van der Waals surface area contributed by atoms with Gasteiger partial charge in [-0.25, -0.2) is 8.78 Å². The smallest absolute Gasteiger partial charge is 0.303 e. The molecule has 3 atom stereocenters. The molecule has 3 aromatic rings. The predicted octanol–water partition coefficient (Wildman–Crippen LogP) is 6.16. The summed E-state index contributed by atoms with van der Waals surface area (Å²) in [6.45, 7) is 2.14. The number of thioether (sulfide) groups is 1. The highest BCUT2D eigenvalue weighted by Crippen LogP contribution is 2.36. The first-order valence-electron chi connectivity index (χ1n) is 12.6. The van der Waals surface area contributed by atoms with Crippen molar-refractivity contribution in [1.82, 2.24) is 9.88 Å². The molecule has 0 amide bonds. The fourth-order valence-electron chi connectivity index (χ4n) is 5.28. The number of fused-ring (bicyclic) bond motifs is 1. The molecule has 0 bridgehead atoms. The van der Waals surface area contributed by atoms with Crippen molar-refractivity contribution in [3.63, 3.8) is 0 Å². The van der Waals surface area contributed by atoms with Gasteiger partial charge in [0.25, 0.3) is 0 Å². The number of carbonyl (C=O) groups is 1. The molecule has 1 saturated heterocycles. The molecule has 10 heteroatoms. The van der Waals surface area contributed by atoms with Crippen LogP contribution in [0.2, 0.25) is 5.02 Å². The predicted molar refractivity (Wildman–Crippen MR) is 147 cm³/mol. The van der Waals surface area contributed by atoms with Crippen molar-refractivity contribution < 1.29 is 23.4 Å². The molecule has 2 aromatic carbocycles. The third kappa shape index (κ3) is 7.14. The summed E-state index contributed by atoms with van der Waals surface area (Å²) in [6.07, 6.45) is 3.98. The second kappa shape index (κ2) is 13.1. The number of nitrogens with zero attached hydrogens (tertiary/aromatic N) is 2. The van der Waals surface area contributed by atoms with Gasteiger partial charge in [0, 0.05) is 47.8 Å². The fourth-order valence-corrected chi connectivity index (χ4v) is 6.54. The Kier molecular flexibility index (Phi) is 9.81. The molecule has 0 unspecified atom stereocenters. The van der Waals surface area contributed by atoms with Gasteiger partial charge in [-0.15, -0.1) is 11.8 Å². The van der Waals surface area contributed by atoms with Crippen molar-refractivity contribution in [2.45, 2.75) is 36.6 Å². The summed E-state index contributed by atoms with van der Waals surface area (Å²) in [5.74, 6) is -0.241. The lowest BCUT2D eigenvalue weighted by atomic mass is 9.79. The zero-order valence-electron chi connectivity index (χ0n) is 21.2. The van der Waals surface area contributed by atoms with Crippen LogP contribution in [0.3, 0.4) is 0 Å². The van der Waals surface area contributed by atoms with Crippen LogP contribution in [-0.2, 0) is 4.79 Å². The third-order valence-corrected chi connectivity index (χ3v) is 8.57. The summed E-state index contributed by atoms with van der Waals surface area (Å²) in [4.78, 5) is 18.5. The second-order valence-electron chi connectivity index (χ2n) is 9.72. The Bertz CT molecular complexity index is 1280. The number of nitrogens with two attached hydrogens (primary N) is 1. The Labute approximate surface area is 230 Å². The number of ether oxygens (including phenoxy) is 1. The average Bonchev–Trinajstić information content (AvgIpc) is 2.89. The highest BCUT2D eigenvalue weighted by Gasteiger charge is 2.31. The van der Waals surface area contributed by atoms with Crippen LogP contribution < -0.4 is 10.5 Å². The highest BCUT2D eigenvalue weighted by atomic mass is 35.5. The molecule has 1 aromatic heterocycles. The van der Waals surface area contributed by atoms with Gasteiger partial charge in [-0.1, -0.05) is 11.6 Å². The third-order valence-electron chi connectivity index (χ3n) is 7.26. The Balaban J connectivity index is 1.38. The van der Waals surface area contributed by atoms with E-state index in [2.05, 4.69) is 9.88 Å². The van der Waals surface area contributed by atoms with Crippen LogP contribution in [0.1, 0.15) is 37.3 Å². The van der Waals surface area contributed by atoms with Crippen molar-refractivity contribution >= 4 is 40.2 Å². The molecule has 0 spiro atoms. The van der Waals surface area contributed by atoms with E-state index >= 15 is 0 Å². The van der Waals surface area contributed by atoms with Gasteiger partial charge in [0.05, 0.1) is 17.6 Å². The highest BCUT2D eigenvalue weighted by molar-refractivity contribution is 7.99. The van der Waals surface area contributed by atoms with Crippen LogP contribution in [-0.4, -0.2) is 53.5 Å². The number of methoxy groups -OCH3 is 1. The number of hydrogen-bond donors (Lipinski definition) is 2. The number of benzene rings is 2. The van der Waals surface area contributed by atoms with Crippen LogP contribution in [0.4, 0.5) is 8.78 Å². The van der Waals surface area contributed by atoms with Gasteiger partial charge in [0.1, 0.15) is 17.4 Å². The molecule has 4 rings (SSSR count). The largest absolute Gasteiger partial charge is 0.497 e. The topological polar surface area (TPSA) is 88.7 Å². The molecule has 6 nitrogen and oxygen atoms in total. The van der Waals surface area contributed by atoms with E-state index in [-0.39, 0.29) is 29.2 Å². The number of carboxylic acids is 1. The zero-order chi connectivity index (χ0) is 27.2. The van der Waals surface area contributed by atoms with Crippen molar-refractivity contribution in [2.24, 2.45) is 17.6 Å². The minimum absolute atomic E-state index is 0.0193. The Morgan fingerprint density at radius 2 is 2.11 bits per heavy atom. The average molecular weight is 564 g/mol.